The molecule has 1 fully saturated rings. The average Bonchev–Trinajstić information content (AvgIpc) is 2.67. The summed E-state index contributed by atoms with van der Waals surface area (Å²) in [5.74, 6) is 1.55. The van der Waals surface area contributed by atoms with Crippen LogP contribution in [0.1, 0.15) is 50.4 Å². The molecule has 19 heavy (non-hydrogen) atoms. The Kier molecular flexibility index (Phi) is 2.90. The van der Waals surface area contributed by atoms with E-state index < -0.39 is 0 Å². The molecule has 0 spiro atoms. The van der Waals surface area contributed by atoms with E-state index in [1.54, 1.807) is 0 Å². The van der Waals surface area contributed by atoms with Crippen molar-refractivity contribution in [2.75, 3.05) is 6.61 Å². The molecule has 0 amide bonds. The van der Waals surface area contributed by atoms with Crippen LogP contribution in [0, 0.1) is 0 Å². The summed E-state index contributed by atoms with van der Waals surface area (Å²) in [6.45, 7) is 4.60. The van der Waals surface area contributed by atoms with E-state index in [4.69, 9.17) is 4.98 Å². The fraction of sp³-hybridized carbons (Fsp3) is 0.562. The van der Waals surface area contributed by atoms with Crippen molar-refractivity contribution in [2.45, 2.75) is 44.4 Å². The van der Waals surface area contributed by atoms with Gasteiger partial charge in [0.15, 0.2) is 0 Å². The number of rotatable bonds is 3. The number of aromatic nitrogens is 2. The summed E-state index contributed by atoms with van der Waals surface area (Å²) in [5, 5.41) is 9.70. The van der Waals surface area contributed by atoms with Crippen LogP contribution in [-0.2, 0) is 12.5 Å². The summed E-state index contributed by atoms with van der Waals surface area (Å²) in [4.78, 5) is 4.71. The third kappa shape index (κ3) is 1.79. The molecular weight excluding hydrogens is 236 g/mol. The molecule has 3 nitrogen and oxygen atoms in total. The number of fused-ring (bicyclic) bond motifs is 1. The Bertz CT molecular complexity index is 603. The molecule has 1 aliphatic rings. The molecule has 0 atom stereocenters. The first-order chi connectivity index (χ1) is 9.07. The number of nitrogens with zero attached hydrogens (tertiary/aromatic N) is 2. The topological polar surface area (TPSA) is 38.1 Å². The molecule has 1 aliphatic carbocycles. The monoisotopic (exact) mass is 258 g/mol. The zero-order valence-electron chi connectivity index (χ0n) is 12.0. The van der Waals surface area contributed by atoms with Gasteiger partial charge in [0.1, 0.15) is 5.82 Å². The smallest absolute Gasteiger partial charge is 0.112 e. The van der Waals surface area contributed by atoms with Gasteiger partial charge in [-0.3, -0.25) is 0 Å². The Morgan fingerprint density at radius 1 is 1.37 bits per heavy atom. The molecule has 1 aromatic carbocycles. The highest BCUT2D eigenvalue weighted by atomic mass is 16.3. The van der Waals surface area contributed by atoms with Crippen molar-refractivity contribution >= 4 is 11.0 Å². The minimum Gasteiger partial charge on any atom is -0.395 e. The van der Waals surface area contributed by atoms with Crippen molar-refractivity contribution < 1.29 is 5.11 Å². The number of aryl methyl sites for hydroxylation is 1. The maximum absolute atomic E-state index is 9.70. The Morgan fingerprint density at radius 3 is 2.63 bits per heavy atom. The third-order valence-electron chi connectivity index (χ3n) is 4.66. The van der Waals surface area contributed by atoms with Gasteiger partial charge in [-0.05, 0) is 30.5 Å². The second kappa shape index (κ2) is 4.34. The summed E-state index contributed by atoms with van der Waals surface area (Å²) < 4.78 is 2.19. The van der Waals surface area contributed by atoms with Crippen LogP contribution >= 0.6 is 0 Å². The van der Waals surface area contributed by atoms with Crippen molar-refractivity contribution in [3.63, 3.8) is 0 Å². The number of hydrogen-bond donors (Lipinski definition) is 1. The molecule has 0 bridgehead atoms. The Labute approximate surface area is 114 Å². The summed E-state index contributed by atoms with van der Waals surface area (Å²) >= 11 is 0. The van der Waals surface area contributed by atoms with Crippen LogP contribution in [0.5, 0.6) is 0 Å². The predicted octanol–water partition coefficient (Wildman–Crippen LogP) is 3.11. The quantitative estimate of drug-likeness (QED) is 0.918. The number of imidazole rings is 1. The lowest BCUT2D eigenvalue weighted by atomic mass is 9.65. The van der Waals surface area contributed by atoms with E-state index in [1.807, 2.05) is 0 Å². The minimum absolute atomic E-state index is 0.0104. The lowest BCUT2D eigenvalue weighted by molar-refractivity contribution is 0.120. The maximum atomic E-state index is 9.70. The number of aliphatic hydroxyl groups is 1. The van der Waals surface area contributed by atoms with Gasteiger partial charge in [0.25, 0.3) is 0 Å². The van der Waals surface area contributed by atoms with Crippen LogP contribution in [0.25, 0.3) is 11.0 Å². The first-order valence-electron chi connectivity index (χ1n) is 7.15. The average molecular weight is 258 g/mol. The van der Waals surface area contributed by atoms with Gasteiger partial charge < -0.3 is 9.67 Å². The molecule has 1 saturated carbocycles. The van der Waals surface area contributed by atoms with Gasteiger partial charge in [-0.1, -0.05) is 26.3 Å². The lowest BCUT2D eigenvalue weighted by Crippen LogP contribution is -2.37. The number of benzene rings is 1. The molecule has 0 radical (unpaired) electrons. The second-order valence-corrected chi connectivity index (χ2v) is 6.18. The standard InChI is InChI=1S/C16H22N2O/c1-11(2)15-17-13-6-5-12(9-14(13)18(15)3)16(10-19)7-4-8-16/h5-6,9,11,19H,4,7-8,10H2,1-3H3. The zero-order chi connectivity index (χ0) is 13.6. The molecule has 0 aliphatic heterocycles. The van der Waals surface area contributed by atoms with Crippen LogP contribution in [0.2, 0.25) is 0 Å². The number of hydrogen-bond acceptors (Lipinski definition) is 2. The van der Waals surface area contributed by atoms with Gasteiger partial charge in [-0.2, -0.15) is 0 Å². The van der Waals surface area contributed by atoms with Crippen molar-refractivity contribution in [1.82, 2.24) is 9.55 Å². The SMILES string of the molecule is CC(C)c1nc2ccc(C3(CO)CCC3)cc2n1C. The van der Waals surface area contributed by atoms with Gasteiger partial charge in [-0.25, -0.2) is 4.98 Å². The first kappa shape index (κ1) is 12.7. The predicted molar refractivity (Wildman–Crippen MR) is 77.4 cm³/mol. The molecule has 3 rings (SSSR count). The zero-order valence-corrected chi connectivity index (χ0v) is 12.0. The van der Waals surface area contributed by atoms with Gasteiger partial charge in [0, 0.05) is 18.4 Å². The molecule has 0 unspecified atom stereocenters. The normalized spacial score (nSPS) is 17.9. The molecule has 1 N–H and O–H groups in total. The van der Waals surface area contributed by atoms with Gasteiger partial charge in [0.05, 0.1) is 17.6 Å². The van der Waals surface area contributed by atoms with E-state index in [0.717, 1.165) is 24.2 Å². The highest BCUT2D eigenvalue weighted by molar-refractivity contribution is 5.77. The Balaban J connectivity index is 2.13. The maximum Gasteiger partial charge on any atom is 0.112 e. The van der Waals surface area contributed by atoms with Crippen molar-refractivity contribution in [3.8, 4) is 0 Å². The van der Waals surface area contributed by atoms with Crippen LogP contribution < -0.4 is 0 Å². The fourth-order valence-corrected chi connectivity index (χ4v) is 3.20. The minimum atomic E-state index is 0.0104. The van der Waals surface area contributed by atoms with Crippen molar-refractivity contribution in [2.24, 2.45) is 7.05 Å². The summed E-state index contributed by atoms with van der Waals surface area (Å²) in [7, 11) is 2.08. The summed E-state index contributed by atoms with van der Waals surface area (Å²) in [5.41, 5.74) is 3.52. The molecule has 1 heterocycles. The van der Waals surface area contributed by atoms with E-state index in [1.165, 1.54) is 17.5 Å². The molecule has 3 heteroatoms. The van der Waals surface area contributed by atoms with Crippen LogP contribution in [0.3, 0.4) is 0 Å². The fourth-order valence-electron chi connectivity index (χ4n) is 3.20. The van der Waals surface area contributed by atoms with Gasteiger partial charge >= 0.3 is 0 Å². The highest BCUT2D eigenvalue weighted by Crippen LogP contribution is 2.44. The summed E-state index contributed by atoms with van der Waals surface area (Å²) in [6, 6.07) is 6.48. The van der Waals surface area contributed by atoms with Crippen LogP contribution in [0.15, 0.2) is 18.2 Å². The van der Waals surface area contributed by atoms with E-state index in [2.05, 4.69) is 43.7 Å². The third-order valence-corrected chi connectivity index (χ3v) is 4.66. The first-order valence-corrected chi connectivity index (χ1v) is 7.15. The van der Waals surface area contributed by atoms with E-state index in [0.29, 0.717) is 5.92 Å². The highest BCUT2D eigenvalue weighted by Gasteiger charge is 2.38. The molecule has 0 saturated heterocycles. The Hall–Kier alpha value is -1.35. The second-order valence-electron chi connectivity index (χ2n) is 6.18. The molecule has 1 aromatic heterocycles. The number of aliphatic hydroxyl groups excluding tert-OH is 1. The van der Waals surface area contributed by atoms with Gasteiger partial charge in [-0.15, -0.1) is 0 Å². The van der Waals surface area contributed by atoms with E-state index in [9.17, 15) is 5.11 Å². The lowest BCUT2D eigenvalue weighted by Gasteiger charge is -2.40. The molecular formula is C16H22N2O. The van der Waals surface area contributed by atoms with Crippen molar-refractivity contribution in [3.05, 3.63) is 29.6 Å². The van der Waals surface area contributed by atoms with E-state index >= 15 is 0 Å². The van der Waals surface area contributed by atoms with Crippen molar-refractivity contribution in [1.29, 1.82) is 0 Å². The van der Waals surface area contributed by atoms with Crippen LogP contribution in [-0.4, -0.2) is 21.3 Å². The van der Waals surface area contributed by atoms with E-state index in [-0.39, 0.29) is 12.0 Å². The summed E-state index contributed by atoms with van der Waals surface area (Å²) in [6.07, 6.45) is 3.43. The largest absolute Gasteiger partial charge is 0.395 e. The Morgan fingerprint density at radius 2 is 2.11 bits per heavy atom. The van der Waals surface area contributed by atoms with Crippen LogP contribution in [0.4, 0.5) is 0 Å². The van der Waals surface area contributed by atoms with Gasteiger partial charge in [0.2, 0.25) is 0 Å². The molecule has 2 aromatic rings. The molecule has 102 valence electrons.